The van der Waals surface area contributed by atoms with Crippen LogP contribution in [0.15, 0.2) is 35.9 Å². The highest BCUT2D eigenvalue weighted by Gasteiger charge is 2.23. The fourth-order valence-corrected chi connectivity index (χ4v) is 3.45. The van der Waals surface area contributed by atoms with E-state index in [-0.39, 0.29) is 12.4 Å². The van der Waals surface area contributed by atoms with Crippen LogP contribution in [0, 0.1) is 0 Å². The number of hydrogen-bond donors (Lipinski definition) is 1. The Bertz CT molecular complexity index is 596. The normalized spacial score (nSPS) is 16.8. The molecule has 0 fully saturated rings. The number of nitrogens with zero attached hydrogens (tertiary/aromatic N) is 1. The summed E-state index contributed by atoms with van der Waals surface area (Å²) in [6.07, 6.45) is 2.85. The highest BCUT2D eigenvalue weighted by molar-refractivity contribution is 7.89. The first kappa shape index (κ1) is 14.9. The van der Waals surface area contributed by atoms with Crippen LogP contribution < -0.4 is 10.5 Å². The number of benzene rings is 1. The zero-order valence-corrected chi connectivity index (χ0v) is 12.4. The zero-order chi connectivity index (χ0) is 14.6. The second-order valence-corrected chi connectivity index (χ2v) is 6.96. The van der Waals surface area contributed by atoms with Crippen molar-refractivity contribution in [3.63, 3.8) is 0 Å². The average Bonchev–Trinajstić information content (AvgIpc) is 2.41. The van der Waals surface area contributed by atoms with Gasteiger partial charge in [0.1, 0.15) is 12.4 Å². The van der Waals surface area contributed by atoms with Crippen molar-refractivity contribution in [2.45, 2.75) is 13.3 Å². The first-order chi connectivity index (χ1) is 9.49. The van der Waals surface area contributed by atoms with Crippen molar-refractivity contribution < 1.29 is 13.2 Å². The van der Waals surface area contributed by atoms with Gasteiger partial charge in [-0.1, -0.05) is 23.8 Å². The molecular weight excluding hydrogens is 276 g/mol. The maximum atomic E-state index is 12.2. The third-order valence-electron chi connectivity index (χ3n) is 3.21. The third-order valence-corrected chi connectivity index (χ3v) is 4.99. The quantitative estimate of drug-likeness (QED) is 0.662. The Labute approximate surface area is 120 Å². The molecule has 0 radical (unpaired) electrons. The van der Waals surface area contributed by atoms with E-state index in [0.717, 1.165) is 12.0 Å². The van der Waals surface area contributed by atoms with Crippen LogP contribution in [0.1, 0.15) is 13.3 Å². The Balaban J connectivity index is 1.90. The molecule has 2 rings (SSSR count). The number of hydrogen-bond acceptors (Lipinski definition) is 4. The maximum absolute atomic E-state index is 12.2. The molecule has 0 aromatic heterocycles. The highest BCUT2D eigenvalue weighted by Crippen LogP contribution is 2.20. The van der Waals surface area contributed by atoms with E-state index < -0.39 is 10.0 Å². The Hall–Kier alpha value is -1.53. The average molecular weight is 296 g/mol. The zero-order valence-electron chi connectivity index (χ0n) is 11.6. The summed E-state index contributed by atoms with van der Waals surface area (Å²) < 4.78 is 31.3. The van der Waals surface area contributed by atoms with Crippen molar-refractivity contribution in [3.05, 3.63) is 35.9 Å². The van der Waals surface area contributed by atoms with E-state index >= 15 is 0 Å². The lowest BCUT2D eigenvalue weighted by atomic mass is 10.2. The summed E-state index contributed by atoms with van der Waals surface area (Å²) in [5.74, 6) is 0.492. The van der Waals surface area contributed by atoms with Crippen LogP contribution >= 0.6 is 0 Å². The van der Waals surface area contributed by atoms with Gasteiger partial charge in [0, 0.05) is 13.1 Å². The maximum Gasteiger partial charge on any atom is 0.217 e. The van der Waals surface area contributed by atoms with Crippen LogP contribution in [0.3, 0.4) is 0 Å². The predicted octanol–water partition coefficient (Wildman–Crippen LogP) is 1.63. The van der Waals surface area contributed by atoms with Gasteiger partial charge in [-0.2, -0.15) is 4.31 Å². The van der Waals surface area contributed by atoms with E-state index in [1.165, 1.54) is 4.31 Å². The SMILES string of the molecule is CC1=CCCN(S(=O)(=O)CCOc2ccccc2N)C1. The number of nitrogens with two attached hydrogens (primary N) is 1. The van der Waals surface area contributed by atoms with E-state index in [0.29, 0.717) is 24.5 Å². The Morgan fingerprint density at radius 3 is 2.80 bits per heavy atom. The standard InChI is InChI=1S/C14H20N2O3S/c1-12-5-4-8-16(11-12)20(17,18)10-9-19-14-7-3-2-6-13(14)15/h2-3,5-7H,4,8-11,15H2,1H3. The van der Waals surface area contributed by atoms with Gasteiger partial charge in [0.2, 0.25) is 10.0 Å². The fourth-order valence-electron chi connectivity index (χ4n) is 2.11. The molecule has 1 aromatic carbocycles. The molecule has 6 heteroatoms. The molecule has 0 bridgehead atoms. The molecule has 1 aromatic rings. The van der Waals surface area contributed by atoms with Gasteiger partial charge < -0.3 is 10.5 Å². The lowest BCUT2D eigenvalue weighted by Gasteiger charge is -2.25. The van der Waals surface area contributed by atoms with E-state index in [1.54, 1.807) is 18.2 Å². The van der Waals surface area contributed by atoms with Gasteiger partial charge in [-0.3, -0.25) is 0 Å². The van der Waals surface area contributed by atoms with Crippen LogP contribution in [0.4, 0.5) is 5.69 Å². The van der Waals surface area contributed by atoms with Gasteiger partial charge >= 0.3 is 0 Å². The predicted molar refractivity (Wildman–Crippen MR) is 80.1 cm³/mol. The molecule has 5 nitrogen and oxygen atoms in total. The molecular formula is C14H20N2O3S. The molecule has 2 N–H and O–H groups in total. The molecule has 20 heavy (non-hydrogen) atoms. The number of anilines is 1. The van der Waals surface area contributed by atoms with Crippen molar-refractivity contribution in [2.75, 3.05) is 31.2 Å². The smallest absolute Gasteiger partial charge is 0.217 e. The molecule has 0 saturated heterocycles. The lowest BCUT2D eigenvalue weighted by molar-refractivity contribution is 0.336. The van der Waals surface area contributed by atoms with Gasteiger partial charge in [-0.05, 0) is 25.5 Å². The molecule has 0 aliphatic carbocycles. The molecule has 1 aliphatic heterocycles. The van der Waals surface area contributed by atoms with Crippen LogP contribution in [0.5, 0.6) is 5.75 Å². The van der Waals surface area contributed by atoms with Gasteiger partial charge in [0.05, 0.1) is 11.4 Å². The van der Waals surface area contributed by atoms with E-state index in [1.807, 2.05) is 13.0 Å². The van der Waals surface area contributed by atoms with Gasteiger partial charge in [-0.25, -0.2) is 8.42 Å². The molecule has 0 spiro atoms. The minimum absolute atomic E-state index is 0.0331. The summed E-state index contributed by atoms with van der Waals surface area (Å²) in [4.78, 5) is 0. The molecule has 0 amide bonds. The van der Waals surface area contributed by atoms with Gasteiger partial charge in [0.25, 0.3) is 0 Å². The van der Waals surface area contributed by atoms with Crippen molar-refractivity contribution in [2.24, 2.45) is 0 Å². The summed E-state index contributed by atoms with van der Waals surface area (Å²) in [5, 5.41) is 0. The summed E-state index contributed by atoms with van der Waals surface area (Å²) >= 11 is 0. The topological polar surface area (TPSA) is 72.6 Å². The van der Waals surface area contributed by atoms with Crippen molar-refractivity contribution in [1.29, 1.82) is 0 Å². The number of ether oxygens (including phenoxy) is 1. The number of sulfonamides is 1. The van der Waals surface area contributed by atoms with Gasteiger partial charge in [-0.15, -0.1) is 0 Å². The number of rotatable bonds is 5. The second kappa shape index (κ2) is 6.28. The fraction of sp³-hybridized carbons (Fsp3) is 0.429. The summed E-state index contributed by atoms with van der Waals surface area (Å²) in [6.45, 7) is 3.08. The summed E-state index contributed by atoms with van der Waals surface area (Å²) in [6, 6.07) is 7.07. The van der Waals surface area contributed by atoms with Crippen molar-refractivity contribution >= 4 is 15.7 Å². The second-order valence-electron chi connectivity index (χ2n) is 4.88. The molecule has 1 heterocycles. The molecule has 0 atom stereocenters. The summed E-state index contributed by atoms with van der Waals surface area (Å²) in [5.41, 5.74) is 7.35. The summed E-state index contributed by atoms with van der Waals surface area (Å²) in [7, 11) is -3.27. The Morgan fingerprint density at radius 2 is 2.10 bits per heavy atom. The van der Waals surface area contributed by atoms with E-state index in [9.17, 15) is 8.42 Å². The van der Waals surface area contributed by atoms with Crippen LogP contribution in [0.25, 0.3) is 0 Å². The van der Waals surface area contributed by atoms with Crippen LogP contribution in [-0.2, 0) is 10.0 Å². The first-order valence-electron chi connectivity index (χ1n) is 6.60. The van der Waals surface area contributed by atoms with Crippen LogP contribution in [-0.4, -0.2) is 38.2 Å². The highest BCUT2D eigenvalue weighted by atomic mass is 32.2. The molecule has 0 saturated carbocycles. The molecule has 0 unspecified atom stereocenters. The van der Waals surface area contributed by atoms with Crippen molar-refractivity contribution in [1.82, 2.24) is 4.31 Å². The Morgan fingerprint density at radius 1 is 1.35 bits per heavy atom. The molecule has 1 aliphatic rings. The number of para-hydroxylation sites is 2. The Kier molecular flexibility index (Phi) is 4.67. The largest absolute Gasteiger partial charge is 0.490 e. The van der Waals surface area contributed by atoms with E-state index in [2.05, 4.69) is 6.08 Å². The molecule has 110 valence electrons. The van der Waals surface area contributed by atoms with Crippen molar-refractivity contribution in [3.8, 4) is 5.75 Å². The van der Waals surface area contributed by atoms with E-state index in [4.69, 9.17) is 10.5 Å². The van der Waals surface area contributed by atoms with Crippen LogP contribution in [0.2, 0.25) is 0 Å². The third kappa shape index (κ3) is 3.74. The first-order valence-corrected chi connectivity index (χ1v) is 8.21. The lowest BCUT2D eigenvalue weighted by Crippen LogP contribution is -2.38. The van der Waals surface area contributed by atoms with Gasteiger partial charge in [0.15, 0.2) is 0 Å². The minimum Gasteiger partial charge on any atom is -0.490 e. The monoisotopic (exact) mass is 296 g/mol. The number of nitrogen functional groups attached to an aromatic ring is 1. The minimum atomic E-state index is -3.27.